The van der Waals surface area contributed by atoms with Gasteiger partial charge in [-0.05, 0) is 41.5 Å². The molecule has 0 radical (unpaired) electrons. The summed E-state index contributed by atoms with van der Waals surface area (Å²) in [4.78, 5) is 6.44. The summed E-state index contributed by atoms with van der Waals surface area (Å²) < 4.78 is 33.8. The van der Waals surface area contributed by atoms with Crippen LogP contribution < -0.4 is 4.74 Å². The second kappa shape index (κ2) is 12.0. The van der Waals surface area contributed by atoms with Gasteiger partial charge in [-0.15, -0.1) is 11.8 Å². The van der Waals surface area contributed by atoms with Gasteiger partial charge in [-0.1, -0.05) is 71.9 Å². The van der Waals surface area contributed by atoms with Crippen molar-refractivity contribution >= 4 is 17.5 Å². The number of benzene rings is 4. The molecule has 34 heavy (non-hydrogen) atoms. The van der Waals surface area contributed by atoms with Crippen molar-refractivity contribution in [2.24, 2.45) is 5.16 Å². The Hall–Kier alpha value is -3.64. The topological polar surface area (TPSA) is 30.8 Å². The maximum Gasteiger partial charge on any atom is 0.142 e. The predicted molar refractivity (Wildman–Crippen MR) is 132 cm³/mol. The molecule has 0 atom stereocenters. The van der Waals surface area contributed by atoms with Crippen molar-refractivity contribution in [2.75, 3.05) is 5.75 Å². The van der Waals surface area contributed by atoms with E-state index in [1.807, 2.05) is 84.9 Å². The molecule has 0 aromatic heterocycles. The van der Waals surface area contributed by atoms with Crippen LogP contribution in [-0.4, -0.2) is 11.5 Å². The average Bonchev–Trinajstić information content (AvgIpc) is 2.87. The lowest BCUT2D eigenvalue weighted by molar-refractivity contribution is 0.130. The van der Waals surface area contributed by atoms with Crippen LogP contribution in [0.2, 0.25) is 0 Å². The Kier molecular flexibility index (Phi) is 8.30. The number of rotatable bonds is 10. The number of nitrogens with zero attached hydrogens (tertiary/aromatic N) is 1. The zero-order valence-corrected chi connectivity index (χ0v) is 19.2. The number of thioether (sulfide) groups is 1. The number of hydrogen-bond donors (Lipinski definition) is 0. The molecular formula is C28H23F2NO2S. The van der Waals surface area contributed by atoms with Crippen molar-refractivity contribution < 1.29 is 18.4 Å². The molecule has 0 aliphatic rings. The fraction of sp³-hybridized carbons (Fsp3) is 0.107. The third-order valence-electron chi connectivity index (χ3n) is 4.92. The quantitative estimate of drug-likeness (QED) is 0.137. The smallest absolute Gasteiger partial charge is 0.142 e. The van der Waals surface area contributed by atoms with Crippen LogP contribution in [0.3, 0.4) is 0 Å². The van der Waals surface area contributed by atoms with Crippen LogP contribution in [0.5, 0.6) is 5.75 Å². The van der Waals surface area contributed by atoms with Gasteiger partial charge in [-0.25, -0.2) is 8.78 Å². The molecule has 0 heterocycles. The summed E-state index contributed by atoms with van der Waals surface area (Å²) in [5.41, 5.74) is 2.62. The lowest BCUT2D eigenvalue weighted by Crippen LogP contribution is -2.09. The highest BCUT2D eigenvalue weighted by molar-refractivity contribution is 8.00. The minimum Gasteiger partial charge on any atom is -0.489 e. The second-order valence-electron chi connectivity index (χ2n) is 7.46. The molecule has 172 valence electrons. The van der Waals surface area contributed by atoms with Gasteiger partial charge in [-0.2, -0.15) is 0 Å². The van der Waals surface area contributed by atoms with Gasteiger partial charge in [0.05, 0.1) is 0 Å². The third-order valence-corrected chi connectivity index (χ3v) is 5.93. The molecular weight excluding hydrogens is 452 g/mol. The van der Waals surface area contributed by atoms with E-state index in [1.54, 1.807) is 0 Å². The van der Waals surface area contributed by atoms with Crippen molar-refractivity contribution in [3.63, 3.8) is 0 Å². The van der Waals surface area contributed by atoms with Gasteiger partial charge < -0.3 is 9.57 Å². The van der Waals surface area contributed by atoms with Gasteiger partial charge in [0.2, 0.25) is 0 Å². The molecule has 0 amide bonds. The highest BCUT2D eigenvalue weighted by Gasteiger charge is 2.13. The zero-order chi connectivity index (χ0) is 23.6. The van der Waals surface area contributed by atoms with Crippen LogP contribution in [0, 0.1) is 11.6 Å². The van der Waals surface area contributed by atoms with Crippen molar-refractivity contribution in [3.8, 4) is 5.75 Å². The van der Waals surface area contributed by atoms with E-state index in [0.717, 1.165) is 27.8 Å². The van der Waals surface area contributed by atoms with Crippen LogP contribution >= 0.6 is 11.8 Å². The summed E-state index contributed by atoms with van der Waals surface area (Å²) in [6.45, 7) is 0.719. The van der Waals surface area contributed by atoms with Crippen molar-refractivity contribution in [1.82, 2.24) is 0 Å². The molecule has 4 rings (SSSR count). The molecule has 0 aliphatic heterocycles. The van der Waals surface area contributed by atoms with E-state index < -0.39 is 11.6 Å². The lowest BCUT2D eigenvalue weighted by atomic mass is 10.1. The Balaban J connectivity index is 1.45. The average molecular weight is 476 g/mol. The minimum absolute atomic E-state index is 0.207. The Morgan fingerprint density at radius 2 is 1.44 bits per heavy atom. The molecule has 0 N–H and O–H groups in total. The molecule has 6 heteroatoms. The van der Waals surface area contributed by atoms with Crippen LogP contribution in [0.4, 0.5) is 8.78 Å². The van der Waals surface area contributed by atoms with Gasteiger partial charge in [0.25, 0.3) is 0 Å². The Morgan fingerprint density at radius 3 is 2.15 bits per heavy atom. The molecule has 0 saturated heterocycles. The van der Waals surface area contributed by atoms with Crippen LogP contribution in [-0.2, 0) is 18.1 Å². The van der Waals surface area contributed by atoms with Gasteiger partial charge in [0.1, 0.15) is 36.3 Å². The molecule has 0 spiro atoms. The predicted octanol–water partition coefficient (Wildman–Crippen LogP) is 7.26. The number of hydrogen-bond acceptors (Lipinski definition) is 4. The Morgan fingerprint density at radius 1 is 0.735 bits per heavy atom. The van der Waals surface area contributed by atoms with E-state index in [9.17, 15) is 8.78 Å². The minimum atomic E-state index is -0.678. The first kappa shape index (κ1) is 23.5. The summed E-state index contributed by atoms with van der Waals surface area (Å²) >= 11 is 1.47. The molecule has 4 aromatic rings. The maximum absolute atomic E-state index is 14.5. The zero-order valence-electron chi connectivity index (χ0n) is 18.4. The molecule has 0 unspecified atom stereocenters. The van der Waals surface area contributed by atoms with E-state index >= 15 is 0 Å². The number of halogens is 2. The Bertz CT molecular complexity index is 1230. The molecule has 0 fully saturated rings. The fourth-order valence-electron chi connectivity index (χ4n) is 3.18. The largest absolute Gasteiger partial charge is 0.489 e. The first-order valence-electron chi connectivity index (χ1n) is 10.7. The summed E-state index contributed by atoms with van der Waals surface area (Å²) in [6, 6.07) is 30.6. The third kappa shape index (κ3) is 6.93. The number of oxime groups is 1. The summed E-state index contributed by atoms with van der Waals surface area (Å²) in [5, 5.41) is 4.20. The fourth-order valence-corrected chi connectivity index (χ4v) is 4.07. The van der Waals surface area contributed by atoms with E-state index in [0.29, 0.717) is 18.1 Å². The van der Waals surface area contributed by atoms with Gasteiger partial charge in [0.15, 0.2) is 0 Å². The molecule has 0 aliphatic carbocycles. The van der Waals surface area contributed by atoms with Crippen molar-refractivity contribution in [3.05, 3.63) is 131 Å². The Labute approximate surface area is 202 Å². The second-order valence-corrected chi connectivity index (χ2v) is 8.51. The first-order chi connectivity index (χ1) is 16.7. The van der Waals surface area contributed by atoms with Crippen LogP contribution in [0.15, 0.2) is 113 Å². The number of ether oxygens (including phenoxy) is 1. The monoisotopic (exact) mass is 475 g/mol. The van der Waals surface area contributed by atoms with Gasteiger partial charge >= 0.3 is 0 Å². The SMILES string of the molecule is Fc1ccc(/C(CSc2cccc(OCc3ccccc3)c2)=N/OCc2ccccc2)c(F)c1. The summed E-state index contributed by atoms with van der Waals surface area (Å²) in [7, 11) is 0. The summed E-state index contributed by atoms with van der Waals surface area (Å²) in [5.74, 6) is -0.246. The normalized spacial score (nSPS) is 11.3. The standard InChI is InChI=1S/C28H23F2NO2S/c29-23-14-15-26(27(30)16-23)28(31-33-19-22-10-5-2-6-11-22)20-34-25-13-7-12-24(17-25)32-18-21-8-3-1-4-9-21/h1-17H,18-20H2/b31-28+. The van der Waals surface area contributed by atoms with Crippen molar-refractivity contribution in [1.29, 1.82) is 0 Å². The highest BCUT2D eigenvalue weighted by atomic mass is 32.2. The van der Waals surface area contributed by atoms with Gasteiger partial charge in [-0.3, -0.25) is 0 Å². The van der Waals surface area contributed by atoms with Crippen LogP contribution in [0.25, 0.3) is 0 Å². The van der Waals surface area contributed by atoms with Crippen LogP contribution in [0.1, 0.15) is 16.7 Å². The van der Waals surface area contributed by atoms with Gasteiger partial charge in [0, 0.05) is 22.3 Å². The first-order valence-corrected chi connectivity index (χ1v) is 11.7. The van der Waals surface area contributed by atoms with E-state index in [1.165, 1.54) is 23.9 Å². The molecule has 0 saturated carbocycles. The molecule has 4 aromatic carbocycles. The van der Waals surface area contributed by atoms with E-state index in [4.69, 9.17) is 9.57 Å². The highest BCUT2D eigenvalue weighted by Crippen LogP contribution is 2.25. The molecule has 0 bridgehead atoms. The van der Waals surface area contributed by atoms with Crippen molar-refractivity contribution in [2.45, 2.75) is 18.1 Å². The van der Waals surface area contributed by atoms with E-state index in [2.05, 4.69) is 5.16 Å². The van der Waals surface area contributed by atoms with E-state index in [-0.39, 0.29) is 12.2 Å². The molecule has 3 nitrogen and oxygen atoms in total. The summed E-state index contributed by atoms with van der Waals surface area (Å²) in [6.07, 6.45) is 0. The lowest BCUT2D eigenvalue weighted by Gasteiger charge is -2.10. The maximum atomic E-state index is 14.5.